The molecule has 0 saturated carbocycles. The first-order valence-electron chi connectivity index (χ1n) is 7.83. The van der Waals surface area contributed by atoms with Gasteiger partial charge >= 0.3 is 0 Å². The molecule has 3 heteroatoms. The van der Waals surface area contributed by atoms with Gasteiger partial charge in [-0.15, -0.1) is 0 Å². The highest BCUT2D eigenvalue weighted by molar-refractivity contribution is 4.55. The lowest BCUT2D eigenvalue weighted by atomic mass is 10.1. The minimum atomic E-state index is -0.338. The van der Waals surface area contributed by atoms with Crippen LogP contribution in [0.4, 0.5) is 0 Å². The zero-order valence-corrected chi connectivity index (χ0v) is 12.2. The van der Waals surface area contributed by atoms with Crippen LogP contribution in [0.1, 0.15) is 77.6 Å². The molecular weight excluding hydrogens is 226 g/mol. The Morgan fingerprint density at radius 2 is 1.44 bits per heavy atom. The number of aliphatic hydroxyl groups excluding tert-OH is 2. The summed E-state index contributed by atoms with van der Waals surface area (Å²) in [6, 6.07) is 0. The van der Waals surface area contributed by atoms with Crippen LogP contribution in [0.25, 0.3) is 0 Å². The molecule has 0 aromatic rings. The third-order valence-corrected chi connectivity index (χ3v) is 3.30. The van der Waals surface area contributed by atoms with Crippen molar-refractivity contribution < 1.29 is 10.2 Å². The van der Waals surface area contributed by atoms with E-state index in [1.165, 1.54) is 38.5 Å². The highest BCUT2D eigenvalue weighted by Gasteiger charge is 2.01. The second-order valence-corrected chi connectivity index (χ2v) is 5.16. The predicted octanol–water partition coefficient (Wildman–Crippen LogP) is 3.20. The lowest BCUT2D eigenvalue weighted by Crippen LogP contribution is -2.29. The summed E-state index contributed by atoms with van der Waals surface area (Å²) in [5.41, 5.74) is 0. The lowest BCUT2D eigenvalue weighted by molar-refractivity contribution is 0.124. The van der Waals surface area contributed by atoms with Crippen LogP contribution in [0, 0.1) is 0 Å². The topological polar surface area (TPSA) is 52.5 Å². The van der Waals surface area contributed by atoms with Crippen molar-refractivity contribution in [2.24, 2.45) is 0 Å². The summed E-state index contributed by atoms with van der Waals surface area (Å²) < 4.78 is 0. The molecule has 0 aliphatic rings. The van der Waals surface area contributed by atoms with E-state index in [0.29, 0.717) is 0 Å². The maximum absolute atomic E-state index is 9.69. The second-order valence-electron chi connectivity index (χ2n) is 5.16. The predicted molar refractivity (Wildman–Crippen MR) is 77.6 cm³/mol. The summed E-state index contributed by atoms with van der Waals surface area (Å²) in [6.45, 7) is 3.38. The number of unbranched alkanes of at least 4 members (excludes halogenated alkanes) is 8. The van der Waals surface area contributed by atoms with Gasteiger partial charge in [-0.2, -0.15) is 0 Å². The number of rotatable bonds is 14. The normalized spacial score (nSPS) is 12.8. The summed E-state index contributed by atoms with van der Waals surface area (Å²) in [4.78, 5) is 0. The first-order chi connectivity index (χ1) is 8.81. The number of hydrogen-bond acceptors (Lipinski definition) is 3. The van der Waals surface area contributed by atoms with Crippen LogP contribution in [0.2, 0.25) is 0 Å². The summed E-state index contributed by atoms with van der Waals surface area (Å²) in [7, 11) is 0. The minimum absolute atomic E-state index is 0.278. The molecule has 0 spiro atoms. The van der Waals surface area contributed by atoms with Crippen LogP contribution in [0.15, 0.2) is 0 Å². The van der Waals surface area contributed by atoms with E-state index in [9.17, 15) is 5.11 Å². The van der Waals surface area contributed by atoms with Crippen molar-refractivity contribution in [2.75, 3.05) is 13.2 Å². The molecule has 1 atom stereocenters. The van der Waals surface area contributed by atoms with Gasteiger partial charge in [-0.25, -0.2) is 0 Å². The van der Waals surface area contributed by atoms with Gasteiger partial charge in [0, 0.05) is 6.61 Å². The van der Waals surface area contributed by atoms with Crippen LogP contribution >= 0.6 is 0 Å². The van der Waals surface area contributed by atoms with E-state index in [0.717, 1.165) is 38.6 Å². The monoisotopic (exact) mass is 259 g/mol. The maximum Gasteiger partial charge on any atom is 0.104 e. The highest BCUT2D eigenvalue weighted by Crippen LogP contribution is 2.09. The van der Waals surface area contributed by atoms with Crippen molar-refractivity contribution >= 4 is 0 Å². The molecule has 0 aliphatic carbocycles. The molecular formula is C15H33NO2. The van der Waals surface area contributed by atoms with Gasteiger partial charge in [0.1, 0.15) is 6.23 Å². The highest BCUT2D eigenvalue weighted by atomic mass is 16.3. The Morgan fingerprint density at radius 3 is 2.11 bits per heavy atom. The third kappa shape index (κ3) is 13.9. The van der Waals surface area contributed by atoms with Gasteiger partial charge in [-0.05, 0) is 38.6 Å². The van der Waals surface area contributed by atoms with E-state index in [2.05, 4.69) is 12.2 Å². The molecule has 110 valence electrons. The zero-order chi connectivity index (χ0) is 13.5. The molecule has 3 N–H and O–H groups in total. The number of aliphatic hydroxyl groups is 2. The van der Waals surface area contributed by atoms with E-state index in [-0.39, 0.29) is 12.8 Å². The summed E-state index contributed by atoms with van der Waals surface area (Å²) >= 11 is 0. The third-order valence-electron chi connectivity index (χ3n) is 3.30. The summed E-state index contributed by atoms with van der Waals surface area (Å²) in [5, 5.41) is 21.4. The molecule has 18 heavy (non-hydrogen) atoms. The van der Waals surface area contributed by atoms with E-state index >= 15 is 0 Å². The van der Waals surface area contributed by atoms with E-state index in [1.807, 2.05) is 0 Å². The Morgan fingerprint density at radius 1 is 0.833 bits per heavy atom. The van der Waals surface area contributed by atoms with E-state index < -0.39 is 0 Å². The fourth-order valence-electron chi connectivity index (χ4n) is 2.08. The Labute approximate surface area is 113 Å². The molecule has 0 amide bonds. The quantitative estimate of drug-likeness (QED) is 0.332. The van der Waals surface area contributed by atoms with Crippen LogP contribution in [-0.2, 0) is 0 Å². The van der Waals surface area contributed by atoms with Gasteiger partial charge < -0.3 is 10.2 Å². The number of nitrogens with one attached hydrogen (secondary N) is 1. The van der Waals surface area contributed by atoms with Crippen LogP contribution in [-0.4, -0.2) is 29.6 Å². The smallest absolute Gasteiger partial charge is 0.104 e. The largest absolute Gasteiger partial charge is 0.396 e. The van der Waals surface area contributed by atoms with Crippen molar-refractivity contribution in [3.8, 4) is 0 Å². The van der Waals surface area contributed by atoms with E-state index in [1.54, 1.807) is 0 Å². The molecule has 0 rings (SSSR count). The van der Waals surface area contributed by atoms with Gasteiger partial charge in [0.2, 0.25) is 0 Å². The molecule has 0 aliphatic heterocycles. The van der Waals surface area contributed by atoms with Gasteiger partial charge in [0.15, 0.2) is 0 Å². The van der Waals surface area contributed by atoms with Gasteiger partial charge in [-0.1, -0.05) is 45.4 Å². The van der Waals surface area contributed by atoms with Gasteiger partial charge in [-0.3, -0.25) is 5.32 Å². The molecule has 0 bridgehead atoms. The fourth-order valence-corrected chi connectivity index (χ4v) is 2.08. The van der Waals surface area contributed by atoms with Crippen LogP contribution in [0.3, 0.4) is 0 Å². The first-order valence-corrected chi connectivity index (χ1v) is 7.83. The zero-order valence-electron chi connectivity index (χ0n) is 12.2. The standard InChI is InChI=1S/C15H33NO2/c1-2-3-4-5-6-7-9-12-15(18)16-13-10-8-11-14-17/h15-18H,2-14H2,1H3. The van der Waals surface area contributed by atoms with Crippen molar-refractivity contribution in [1.29, 1.82) is 0 Å². The second kappa shape index (κ2) is 14.9. The Kier molecular flexibility index (Phi) is 14.8. The molecule has 1 unspecified atom stereocenters. The van der Waals surface area contributed by atoms with E-state index in [4.69, 9.17) is 5.11 Å². The molecule has 0 aromatic heterocycles. The summed E-state index contributed by atoms with van der Waals surface area (Å²) in [6.07, 6.45) is 12.5. The van der Waals surface area contributed by atoms with Gasteiger partial charge in [0.25, 0.3) is 0 Å². The first kappa shape index (κ1) is 17.9. The van der Waals surface area contributed by atoms with Crippen molar-refractivity contribution in [2.45, 2.75) is 83.8 Å². The number of hydrogen-bond donors (Lipinski definition) is 3. The van der Waals surface area contributed by atoms with Crippen molar-refractivity contribution in [3.05, 3.63) is 0 Å². The average Bonchev–Trinajstić information content (AvgIpc) is 2.37. The Balaban J connectivity index is 3.09. The molecule has 3 nitrogen and oxygen atoms in total. The average molecular weight is 259 g/mol. The van der Waals surface area contributed by atoms with Gasteiger partial charge in [0.05, 0.1) is 0 Å². The minimum Gasteiger partial charge on any atom is -0.396 e. The molecule has 0 saturated heterocycles. The maximum atomic E-state index is 9.69. The lowest BCUT2D eigenvalue weighted by Gasteiger charge is -2.12. The SMILES string of the molecule is CCCCCCCCCC(O)NCCCCCO. The molecule has 0 aromatic carbocycles. The Hall–Kier alpha value is -0.120. The Bertz CT molecular complexity index is 153. The summed E-state index contributed by atoms with van der Waals surface area (Å²) in [5.74, 6) is 0. The van der Waals surface area contributed by atoms with Crippen LogP contribution < -0.4 is 5.32 Å². The molecule has 0 heterocycles. The van der Waals surface area contributed by atoms with Crippen molar-refractivity contribution in [1.82, 2.24) is 5.32 Å². The van der Waals surface area contributed by atoms with Crippen molar-refractivity contribution in [3.63, 3.8) is 0 Å². The molecule has 0 fully saturated rings. The van der Waals surface area contributed by atoms with Crippen LogP contribution in [0.5, 0.6) is 0 Å². The molecule has 0 radical (unpaired) electrons. The fraction of sp³-hybridized carbons (Fsp3) is 1.00.